The largest absolute Gasteiger partial charge is 0.383 e. The molecule has 0 aliphatic carbocycles. The lowest BCUT2D eigenvalue weighted by molar-refractivity contribution is -0.384. The van der Waals surface area contributed by atoms with Crippen molar-refractivity contribution in [2.75, 3.05) is 13.7 Å². The molecule has 0 saturated carbocycles. The SMILES string of the molecule is COCCn1c(CBr)nnc1-c1cc(C)cc([N+](=O)[O-])c1. The van der Waals surface area contributed by atoms with Crippen LogP contribution in [-0.4, -0.2) is 33.4 Å². The number of hydrogen-bond acceptors (Lipinski definition) is 5. The number of nitrogens with zero attached hydrogens (tertiary/aromatic N) is 4. The van der Waals surface area contributed by atoms with Crippen molar-refractivity contribution in [1.29, 1.82) is 0 Å². The molecule has 0 spiro atoms. The molecule has 2 aromatic rings. The quantitative estimate of drug-likeness (QED) is 0.452. The van der Waals surface area contributed by atoms with Crippen LogP contribution in [0, 0.1) is 17.0 Å². The highest BCUT2D eigenvalue weighted by molar-refractivity contribution is 9.08. The van der Waals surface area contributed by atoms with E-state index in [9.17, 15) is 10.1 Å². The van der Waals surface area contributed by atoms with Crippen molar-refractivity contribution < 1.29 is 9.66 Å². The van der Waals surface area contributed by atoms with Crippen molar-refractivity contribution in [1.82, 2.24) is 14.8 Å². The highest BCUT2D eigenvalue weighted by atomic mass is 79.9. The van der Waals surface area contributed by atoms with E-state index in [-0.39, 0.29) is 5.69 Å². The maximum atomic E-state index is 11.0. The lowest BCUT2D eigenvalue weighted by Crippen LogP contribution is -2.09. The van der Waals surface area contributed by atoms with Gasteiger partial charge in [0.25, 0.3) is 5.69 Å². The monoisotopic (exact) mass is 354 g/mol. The number of nitro benzene ring substituents is 1. The Bertz CT molecular complexity index is 657. The van der Waals surface area contributed by atoms with Crippen LogP contribution in [0.1, 0.15) is 11.4 Å². The van der Waals surface area contributed by atoms with Crippen LogP contribution in [0.2, 0.25) is 0 Å². The Hall–Kier alpha value is -1.80. The van der Waals surface area contributed by atoms with E-state index in [1.54, 1.807) is 7.11 Å². The predicted octanol–water partition coefficient (Wildman–Crippen LogP) is 2.70. The van der Waals surface area contributed by atoms with Crippen molar-refractivity contribution >= 4 is 21.6 Å². The van der Waals surface area contributed by atoms with Gasteiger partial charge in [0.1, 0.15) is 5.82 Å². The first-order valence-electron chi connectivity index (χ1n) is 6.30. The van der Waals surface area contributed by atoms with Crippen LogP contribution >= 0.6 is 15.9 Å². The van der Waals surface area contributed by atoms with E-state index >= 15 is 0 Å². The van der Waals surface area contributed by atoms with E-state index in [2.05, 4.69) is 26.1 Å². The minimum atomic E-state index is -0.405. The molecule has 2 rings (SSSR count). The van der Waals surface area contributed by atoms with Crippen molar-refractivity contribution in [3.63, 3.8) is 0 Å². The standard InChI is InChI=1S/C13H15BrN4O3/c1-9-5-10(7-11(6-9)18(19)20)13-16-15-12(8-14)17(13)3-4-21-2/h5-7H,3-4,8H2,1-2H3. The Morgan fingerprint density at radius 1 is 1.38 bits per heavy atom. The van der Waals surface area contributed by atoms with Gasteiger partial charge < -0.3 is 9.30 Å². The maximum absolute atomic E-state index is 11.0. The molecule has 1 aromatic heterocycles. The van der Waals surface area contributed by atoms with Gasteiger partial charge in [0.2, 0.25) is 0 Å². The minimum absolute atomic E-state index is 0.0479. The van der Waals surface area contributed by atoms with Crippen molar-refractivity contribution in [2.24, 2.45) is 0 Å². The van der Waals surface area contributed by atoms with Gasteiger partial charge in [-0.15, -0.1) is 10.2 Å². The Balaban J connectivity index is 2.50. The van der Waals surface area contributed by atoms with Crippen LogP contribution in [0.3, 0.4) is 0 Å². The average molecular weight is 355 g/mol. The summed E-state index contributed by atoms with van der Waals surface area (Å²) < 4.78 is 6.99. The van der Waals surface area contributed by atoms with Crippen LogP contribution in [0.15, 0.2) is 18.2 Å². The number of ether oxygens (including phenoxy) is 1. The third-order valence-electron chi connectivity index (χ3n) is 3.00. The molecule has 0 radical (unpaired) electrons. The van der Waals surface area contributed by atoms with Gasteiger partial charge in [-0.25, -0.2) is 0 Å². The minimum Gasteiger partial charge on any atom is -0.383 e. The molecule has 112 valence electrons. The summed E-state index contributed by atoms with van der Waals surface area (Å²) in [6, 6.07) is 4.90. The van der Waals surface area contributed by atoms with Gasteiger partial charge >= 0.3 is 0 Å². The molecule has 0 fully saturated rings. The van der Waals surface area contributed by atoms with Gasteiger partial charge in [-0.3, -0.25) is 10.1 Å². The third-order valence-corrected chi connectivity index (χ3v) is 3.50. The van der Waals surface area contributed by atoms with Gasteiger partial charge in [0.05, 0.1) is 16.9 Å². The summed E-state index contributed by atoms with van der Waals surface area (Å²) in [5, 5.41) is 19.8. The number of hydrogen-bond donors (Lipinski definition) is 0. The lowest BCUT2D eigenvalue weighted by Gasteiger charge is -2.09. The van der Waals surface area contributed by atoms with Gasteiger partial charge in [-0.2, -0.15) is 0 Å². The van der Waals surface area contributed by atoms with E-state index in [1.807, 2.05) is 17.6 Å². The summed E-state index contributed by atoms with van der Waals surface area (Å²) in [4.78, 5) is 10.6. The topological polar surface area (TPSA) is 83.1 Å². The fourth-order valence-electron chi connectivity index (χ4n) is 2.06. The number of methoxy groups -OCH3 is 1. The number of alkyl halides is 1. The number of non-ortho nitro benzene ring substituents is 1. The average Bonchev–Trinajstić information content (AvgIpc) is 2.87. The molecule has 0 unspecified atom stereocenters. The molecule has 0 bridgehead atoms. The fourth-order valence-corrected chi connectivity index (χ4v) is 2.48. The molecular formula is C13H15BrN4O3. The molecule has 0 amide bonds. The molecule has 0 aliphatic heterocycles. The normalized spacial score (nSPS) is 10.8. The van der Waals surface area contributed by atoms with Gasteiger partial charge in [0.15, 0.2) is 5.82 Å². The Morgan fingerprint density at radius 3 is 2.76 bits per heavy atom. The summed E-state index contributed by atoms with van der Waals surface area (Å²) in [5.41, 5.74) is 1.53. The first-order valence-corrected chi connectivity index (χ1v) is 7.42. The maximum Gasteiger partial charge on any atom is 0.270 e. The smallest absolute Gasteiger partial charge is 0.270 e. The second-order valence-electron chi connectivity index (χ2n) is 4.53. The number of benzene rings is 1. The van der Waals surface area contributed by atoms with E-state index in [0.717, 1.165) is 11.4 Å². The highest BCUT2D eigenvalue weighted by Crippen LogP contribution is 2.25. The summed E-state index contributed by atoms with van der Waals surface area (Å²) in [6.45, 7) is 2.91. The molecule has 8 heteroatoms. The number of rotatable bonds is 6. The van der Waals surface area contributed by atoms with Crippen LogP contribution in [0.5, 0.6) is 0 Å². The summed E-state index contributed by atoms with van der Waals surface area (Å²) in [7, 11) is 1.62. The fraction of sp³-hybridized carbons (Fsp3) is 0.385. The summed E-state index contributed by atoms with van der Waals surface area (Å²) in [5.74, 6) is 1.36. The van der Waals surface area contributed by atoms with Crippen LogP contribution in [0.4, 0.5) is 5.69 Å². The van der Waals surface area contributed by atoms with Gasteiger partial charge in [-0.05, 0) is 18.6 Å². The van der Waals surface area contributed by atoms with E-state index in [4.69, 9.17) is 4.74 Å². The van der Waals surface area contributed by atoms with Crippen molar-refractivity contribution in [3.05, 3.63) is 39.7 Å². The highest BCUT2D eigenvalue weighted by Gasteiger charge is 2.16. The number of aromatic nitrogens is 3. The van der Waals surface area contributed by atoms with Crippen LogP contribution in [-0.2, 0) is 16.6 Å². The molecule has 1 aromatic carbocycles. The molecule has 21 heavy (non-hydrogen) atoms. The molecule has 1 heterocycles. The number of nitro groups is 1. The summed E-state index contributed by atoms with van der Waals surface area (Å²) in [6.07, 6.45) is 0. The zero-order valence-electron chi connectivity index (χ0n) is 11.7. The molecule has 0 aliphatic rings. The molecule has 7 nitrogen and oxygen atoms in total. The van der Waals surface area contributed by atoms with Crippen molar-refractivity contribution in [3.8, 4) is 11.4 Å². The lowest BCUT2D eigenvalue weighted by atomic mass is 10.1. The third kappa shape index (κ3) is 3.45. The van der Waals surface area contributed by atoms with Crippen LogP contribution in [0.25, 0.3) is 11.4 Å². The second kappa shape index (κ2) is 6.77. The van der Waals surface area contributed by atoms with Gasteiger partial charge in [0, 0.05) is 31.4 Å². The first kappa shape index (κ1) is 15.6. The van der Waals surface area contributed by atoms with E-state index in [1.165, 1.54) is 12.1 Å². The Labute approximate surface area is 130 Å². The molecule has 0 saturated heterocycles. The molecular weight excluding hydrogens is 340 g/mol. The Morgan fingerprint density at radius 2 is 2.14 bits per heavy atom. The first-order chi connectivity index (χ1) is 10.1. The number of halogens is 1. The molecule has 0 N–H and O–H groups in total. The van der Waals surface area contributed by atoms with E-state index < -0.39 is 4.92 Å². The predicted molar refractivity (Wildman–Crippen MR) is 81.4 cm³/mol. The zero-order valence-corrected chi connectivity index (χ0v) is 13.3. The van der Waals surface area contributed by atoms with Gasteiger partial charge in [-0.1, -0.05) is 15.9 Å². The van der Waals surface area contributed by atoms with Crippen molar-refractivity contribution in [2.45, 2.75) is 18.8 Å². The van der Waals surface area contributed by atoms with Crippen LogP contribution < -0.4 is 0 Å². The Kier molecular flexibility index (Phi) is 5.03. The number of aryl methyl sites for hydroxylation is 1. The van der Waals surface area contributed by atoms with E-state index in [0.29, 0.717) is 29.9 Å². The summed E-state index contributed by atoms with van der Waals surface area (Å²) >= 11 is 3.37. The zero-order chi connectivity index (χ0) is 15.4. The molecule has 0 atom stereocenters. The second-order valence-corrected chi connectivity index (χ2v) is 5.09.